The fourth-order valence-corrected chi connectivity index (χ4v) is 2.20. The number of aromatic nitrogens is 1. The smallest absolute Gasteiger partial charge is 0.340 e. The number of hydrogen-bond donors (Lipinski definition) is 0. The molecule has 0 fully saturated rings. The Hall–Kier alpha value is -1.27. The van der Waals surface area contributed by atoms with E-state index >= 15 is 0 Å². The zero-order chi connectivity index (χ0) is 15.2. The molecule has 0 saturated heterocycles. The zero-order valence-electron chi connectivity index (χ0n) is 12.5. The maximum absolute atomic E-state index is 11.7. The average molecular weight is 301 g/mol. The van der Waals surface area contributed by atoms with E-state index in [2.05, 4.69) is 18.8 Å². The van der Waals surface area contributed by atoms with Gasteiger partial charge < -0.3 is 14.0 Å². The minimum atomic E-state index is -0.588. The van der Waals surface area contributed by atoms with Gasteiger partial charge in [-0.25, -0.2) is 14.8 Å². The van der Waals surface area contributed by atoms with Gasteiger partial charge in [-0.2, -0.15) is 0 Å². The SMILES string of the molecule is CCOC(=O)c1ccn(COCCS(C)(C)C)c1C=O. The Morgan fingerprint density at radius 1 is 1.40 bits per heavy atom. The first kappa shape index (κ1) is 16.8. The molecular formula is C14H23NO4S. The number of ether oxygens (including phenoxy) is 2. The summed E-state index contributed by atoms with van der Waals surface area (Å²) in [7, 11) is -0.588. The highest BCUT2D eigenvalue weighted by Gasteiger charge is 2.16. The van der Waals surface area contributed by atoms with Crippen molar-refractivity contribution in [1.29, 1.82) is 0 Å². The van der Waals surface area contributed by atoms with Crippen molar-refractivity contribution < 1.29 is 19.1 Å². The van der Waals surface area contributed by atoms with Gasteiger partial charge in [0.25, 0.3) is 0 Å². The van der Waals surface area contributed by atoms with E-state index in [4.69, 9.17) is 9.47 Å². The molecular weight excluding hydrogens is 278 g/mol. The molecule has 6 heteroatoms. The molecule has 0 aliphatic rings. The molecule has 0 radical (unpaired) electrons. The van der Waals surface area contributed by atoms with Crippen LogP contribution in [0.2, 0.25) is 0 Å². The molecule has 1 rings (SSSR count). The lowest BCUT2D eigenvalue weighted by molar-refractivity contribution is 0.0522. The number of carbonyl (C=O) groups is 2. The van der Waals surface area contributed by atoms with Gasteiger partial charge in [-0.15, -0.1) is 0 Å². The van der Waals surface area contributed by atoms with Crippen LogP contribution >= 0.6 is 10.0 Å². The van der Waals surface area contributed by atoms with Crippen LogP contribution in [-0.2, 0) is 16.2 Å². The van der Waals surface area contributed by atoms with Crippen molar-refractivity contribution in [2.45, 2.75) is 13.7 Å². The van der Waals surface area contributed by atoms with E-state index in [1.165, 1.54) is 0 Å². The van der Waals surface area contributed by atoms with E-state index in [0.717, 1.165) is 5.75 Å². The Labute approximate surface area is 121 Å². The van der Waals surface area contributed by atoms with Gasteiger partial charge in [-0.3, -0.25) is 4.79 Å². The maximum atomic E-state index is 11.7. The highest BCUT2D eigenvalue weighted by atomic mass is 32.3. The van der Waals surface area contributed by atoms with Crippen molar-refractivity contribution in [3.8, 4) is 0 Å². The van der Waals surface area contributed by atoms with E-state index in [9.17, 15) is 9.59 Å². The summed E-state index contributed by atoms with van der Waals surface area (Å²) in [5, 5.41) is 0. The summed E-state index contributed by atoms with van der Waals surface area (Å²) in [5.74, 6) is 0.530. The van der Waals surface area contributed by atoms with E-state index in [1.54, 1.807) is 23.8 Å². The largest absolute Gasteiger partial charge is 0.462 e. The van der Waals surface area contributed by atoms with Gasteiger partial charge in [0.2, 0.25) is 0 Å². The summed E-state index contributed by atoms with van der Waals surface area (Å²) >= 11 is 0. The van der Waals surface area contributed by atoms with Gasteiger partial charge in [0.05, 0.1) is 24.5 Å². The lowest BCUT2D eigenvalue weighted by Crippen LogP contribution is -2.13. The molecule has 0 aliphatic heterocycles. The number of esters is 1. The van der Waals surface area contributed by atoms with Gasteiger partial charge in [-0.05, 0) is 31.8 Å². The molecule has 0 saturated carbocycles. The topological polar surface area (TPSA) is 57.5 Å². The average Bonchev–Trinajstić information content (AvgIpc) is 2.76. The molecule has 5 nitrogen and oxygen atoms in total. The van der Waals surface area contributed by atoms with Crippen LogP contribution in [0.1, 0.15) is 27.8 Å². The van der Waals surface area contributed by atoms with Crippen LogP contribution in [0.5, 0.6) is 0 Å². The molecule has 0 N–H and O–H groups in total. The van der Waals surface area contributed by atoms with Crippen LogP contribution in [0.25, 0.3) is 0 Å². The Bertz CT molecular complexity index is 462. The monoisotopic (exact) mass is 301 g/mol. The lowest BCUT2D eigenvalue weighted by Gasteiger charge is -2.24. The molecule has 20 heavy (non-hydrogen) atoms. The van der Waals surface area contributed by atoms with Crippen LogP contribution in [0.15, 0.2) is 12.3 Å². The predicted molar refractivity (Wildman–Crippen MR) is 82.0 cm³/mol. The maximum Gasteiger partial charge on any atom is 0.340 e. The lowest BCUT2D eigenvalue weighted by atomic mass is 10.2. The third-order valence-corrected chi connectivity index (χ3v) is 4.08. The minimum absolute atomic E-state index is 0.267. The normalized spacial score (nSPS) is 12.2. The van der Waals surface area contributed by atoms with Crippen molar-refractivity contribution in [2.24, 2.45) is 0 Å². The van der Waals surface area contributed by atoms with Crippen LogP contribution in [-0.4, -0.2) is 54.6 Å². The van der Waals surface area contributed by atoms with Crippen molar-refractivity contribution in [3.05, 3.63) is 23.5 Å². The van der Waals surface area contributed by atoms with Gasteiger partial charge in [0.1, 0.15) is 6.73 Å². The second kappa shape index (κ2) is 7.50. The number of nitrogens with zero attached hydrogens (tertiary/aromatic N) is 1. The van der Waals surface area contributed by atoms with E-state index in [0.29, 0.717) is 18.6 Å². The van der Waals surface area contributed by atoms with Gasteiger partial charge >= 0.3 is 5.97 Å². The molecule has 1 aromatic rings. The Morgan fingerprint density at radius 2 is 2.10 bits per heavy atom. The second-order valence-electron chi connectivity index (χ2n) is 5.26. The van der Waals surface area contributed by atoms with Gasteiger partial charge in [0.15, 0.2) is 6.29 Å². The van der Waals surface area contributed by atoms with E-state index < -0.39 is 16.0 Å². The summed E-state index contributed by atoms with van der Waals surface area (Å²) in [6.07, 6.45) is 9.00. The number of aldehydes is 1. The van der Waals surface area contributed by atoms with Crippen molar-refractivity contribution in [2.75, 3.05) is 37.7 Å². The quantitative estimate of drug-likeness (QED) is 0.419. The highest BCUT2D eigenvalue weighted by Crippen LogP contribution is 2.33. The number of carbonyl (C=O) groups excluding carboxylic acids is 2. The Balaban J connectivity index is 2.63. The zero-order valence-corrected chi connectivity index (χ0v) is 13.4. The first-order chi connectivity index (χ1) is 9.39. The fraction of sp³-hybridized carbons (Fsp3) is 0.571. The molecule has 0 bridgehead atoms. The molecule has 0 unspecified atom stereocenters. The van der Waals surface area contributed by atoms with E-state index in [1.807, 2.05) is 0 Å². The summed E-state index contributed by atoms with van der Waals surface area (Å²) in [6, 6.07) is 1.58. The standard InChI is InChI=1S/C14H23NO4S/c1-5-19-14(17)12-6-7-15(13(12)10-16)11-18-8-9-20(2,3)4/h6-7,10H,5,8-9,11H2,1-4H3. The number of hydrogen-bond acceptors (Lipinski definition) is 4. The van der Waals surface area contributed by atoms with Crippen molar-refractivity contribution >= 4 is 22.3 Å². The van der Waals surface area contributed by atoms with Crippen LogP contribution in [0.3, 0.4) is 0 Å². The van der Waals surface area contributed by atoms with Gasteiger partial charge in [0, 0.05) is 11.9 Å². The highest BCUT2D eigenvalue weighted by molar-refractivity contribution is 8.32. The van der Waals surface area contributed by atoms with Crippen LogP contribution in [0, 0.1) is 0 Å². The first-order valence-corrected chi connectivity index (χ1v) is 9.47. The Kier molecular flexibility index (Phi) is 6.29. The number of rotatable bonds is 8. The van der Waals surface area contributed by atoms with Crippen molar-refractivity contribution in [1.82, 2.24) is 4.57 Å². The summed E-state index contributed by atoms with van der Waals surface area (Å²) in [4.78, 5) is 22.8. The first-order valence-electron chi connectivity index (χ1n) is 6.44. The summed E-state index contributed by atoms with van der Waals surface area (Å²) in [5.41, 5.74) is 0.582. The molecule has 1 aromatic heterocycles. The van der Waals surface area contributed by atoms with Crippen molar-refractivity contribution in [3.63, 3.8) is 0 Å². The van der Waals surface area contributed by atoms with Crippen LogP contribution in [0.4, 0.5) is 0 Å². The van der Waals surface area contributed by atoms with Gasteiger partial charge in [-0.1, -0.05) is 0 Å². The van der Waals surface area contributed by atoms with E-state index in [-0.39, 0.29) is 18.9 Å². The molecule has 114 valence electrons. The molecule has 0 amide bonds. The summed E-state index contributed by atoms with van der Waals surface area (Å²) < 4.78 is 12.1. The predicted octanol–water partition coefficient (Wildman–Crippen LogP) is 2.15. The Morgan fingerprint density at radius 3 is 2.65 bits per heavy atom. The minimum Gasteiger partial charge on any atom is -0.462 e. The molecule has 0 atom stereocenters. The second-order valence-corrected chi connectivity index (χ2v) is 9.84. The third kappa shape index (κ3) is 5.02. The molecule has 1 heterocycles. The molecule has 0 aliphatic carbocycles. The third-order valence-electron chi connectivity index (χ3n) is 2.68. The summed E-state index contributed by atoms with van der Waals surface area (Å²) in [6.45, 7) is 2.92. The fourth-order valence-electron chi connectivity index (χ4n) is 1.58. The van der Waals surface area contributed by atoms with Crippen LogP contribution < -0.4 is 0 Å². The molecule has 0 spiro atoms. The molecule has 0 aromatic carbocycles.